The number of carbonyl (C=O) groups is 2. The number of ketones is 1. The summed E-state index contributed by atoms with van der Waals surface area (Å²) in [5.41, 5.74) is 8.77. The van der Waals surface area contributed by atoms with Gasteiger partial charge in [-0.1, -0.05) is 25.0 Å². The van der Waals surface area contributed by atoms with Crippen molar-refractivity contribution >= 4 is 11.8 Å². The van der Waals surface area contributed by atoms with Gasteiger partial charge in [0, 0.05) is 48.5 Å². The summed E-state index contributed by atoms with van der Waals surface area (Å²) in [6.07, 6.45) is 14.5. The zero-order chi connectivity index (χ0) is 33.8. The molecule has 0 spiro atoms. The van der Waals surface area contributed by atoms with E-state index in [1.54, 1.807) is 31.7 Å². The second kappa shape index (κ2) is 13.8. The summed E-state index contributed by atoms with van der Waals surface area (Å²) < 4.78 is 26.8. The van der Waals surface area contributed by atoms with E-state index in [4.69, 9.17) is 29.4 Å². The molecule has 0 saturated heterocycles. The predicted octanol–water partition coefficient (Wildman–Crippen LogP) is 5.06. The lowest BCUT2D eigenvalue weighted by molar-refractivity contribution is 0.0525. The quantitative estimate of drug-likeness (QED) is 0.178. The van der Waals surface area contributed by atoms with Crippen LogP contribution in [0.1, 0.15) is 88.9 Å². The molecule has 0 atom stereocenters. The van der Waals surface area contributed by atoms with Crippen molar-refractivity contribution in [3.05, 3.63) is 95.1 Å². The van der Waals surface area contributed by atoms with E-state index in [2.05, 4.69) is 44.2 Å². The number of benzene rings is 2. The van der Waals surface area contributed by atoms with E-state index in [1.165, 1.54) is 24.0 Å². The van der Waals surface area contributed by atoms with Crippen LogP contribution >= 0.6 is 0 Å². The molecule has 2 aromatic heterocycles. The minimum absolute atomic E-state index is 0.0240. The van der Waals surface area contributed by atoms with E-state index in [0.717, 1.165) is 73.2 Å². The number of nitrogens with two attached hydrogens (primary N) is 1. The summed E-state index contributed by atoms with van der Waals surface area (Å²) in [7, 11) is 0. The molecule has 2 aliphatic carbocycles. The average Bonchev–Trinajstić information content (AvgIpc) is 3.78. The molecular formula is C37H39N5O7. The minimum Gasteiger partial charge on any atom is -0.462 e. The first-order chi connectivity index (χ1) is 23.9. The molecule has 49 heavy (non-hydrogen) atoms. The van der Waals surface area contributed by atoms with E-state index in [0.29, 0.717) is 17.7 Å². The first kappa shape index (κ1) is 32.4. The third kappa shape index (κ3) is 6.65. The lowest BCUT2D eigenvalue weighted by Crippen LogP contribution is -2.37. The Morgan fingerprint density at radius 3 is 1.55 bits per heavy atom. The first-order valence-electron chi connectivity index (χ1n) is 16.7. The molecule has 0 amide bonds. The SMILES string of the molecule is CCOC(=O)c1cnc(CC2(c3ccc4c(c3)OCO4)CCC2)nc1.NCC(=O)c1cnc(CC2(c3ccc4c(c3)OCO4)CCC2)nc1. The van der Waals surface area contributed by atoms with Crippen LogP contribution < -0.4 is 24.7 Å². The Kier molecular flexibility index (Phi) is 9.13. The number of esters is 1. The topological polar surface area (TPSA) is 158 Å². The molecule has 4 heterocycles. The number of ether oxygens (including phenoxy) is 5. The van der Waals surface area contributed by atoms with Gasteiger partial charge in [0.2, 0.25) is 13.6 Å². The Bertz CT molecular complexity index is 1820. The lowest BCUT2D eigenvalue weighted by Gasteiger charge is -2.42. The molecule has 0 unspecified atom stereocenters. The van der Waals surface area contributed by atoms with Crippen molar-refractivity contribution in [2.45, 2.75) is 69.1 Å². The highest BCUT2D eigenvalue weighted by atomic mass is 16.7. The number of fused-ring (bicyclic) bond motifs is 2. The average molecular weight is 666 g/mol. The number of Topliss-reactive ketones (excluding diaryl/α,β-unsaturated/α-hetero) is 1. The highest BCUT2D eigenvalue weighted by molar-refractivity contribution is 5.96. The normalized spacial score (nSPS) is 17.2. The van der Waals surface area contributed by atoms with Gasteiger partial charge < -0.3 is 29.4 Å². The van der Waals surface area contributed by atoms with Crippen molar-refractivity contribution in [3.8, 4) is 23.0 Å². The van der Waals surface area contributed by atoms with Crippen LogP contribution in [0.4, 0.5) is 0 Å². The highest BCUT2D eigenvalue weighted by Crippen LogP contribution is 2.49. The van der Waals surface area contributed by atoms with Crippen LogP contribution in [0.15, 0.2) is 61.2 Å². The van der Waals surface area contributed by atoms with Gasteiger partial charge in [0.15, 0.2) is 28.8 Å². The first-order valence-corrected chi connectivity index (χ1v) is 16.7. The highest BCUT2D eigenvalue weighted by Gasteiger charge is 2.41. The van der Waals surface area contributed by atoms with Gasteiger partial charge in [-0.05, 0) is 68.0 Å². The molecule has 12 nitrogen and oxygen atoms in total. The molecule has 0 bridgehead atoms. The lowest BCUT2D eigenvalue weighted by atomic mass is 9.62. The van der Waals surface area contributed by atoms with Crippen LogP contribution in [-0.2, 0) is 28.4 Å². The van der Waals surface area contributed by atoms with Crippen molar-refractivity contribution < 1.29 is 33.3 Å². The smallest absolute Gasteiger partial charge is 0.341 e. The second-order valence-corrected chi connectivity index (χ2v) is 12.9. The molecule has 2 saturated carbocycles. The number of nitrogens with zero attached hydrogens (tertiary/aromatic N) is 4. The maximum absolute atomic E-state index is 11.7. The van der Waals surface area contributed by atoms with Crippen molar-refractivity contribution in [1.29, 1.82) is 0 Å². The third-order valence-electron chi connectivity index (χ3n) is 10.0. The Morgan fingerprint density at radius 2 is 1.14 bits per heavy atom. The van der Waals surface area contributed by atoms with E-state index in [9.17, 15) is 9.59 Å². The van der Waals surface area contributed by atoms with Crippen molar-refractivity contribution in [2.24, 2.45) is 5.73 Å². The molecule has 254 valence electrons. The predicted molar refractivity (Wildman–Crippen MR) is 177 cm³/mol. The molecule has 4 aliphatic rings. The second-order valence-electron chi connectivity index (χ2n) is 12.9. The van der Waals surface area contributed by atoms with Gasteiger partial charge in [-0.3, -0.25) is 4.79 Å². The fourth-order valence-corrected chi connectivity index (χ4v) is 6.87. The Morgan fingerprint density at radius 1 is 0.694 bits per heavy atom. The maximum atomic E-state index is 11.7. The largest absolute Gasteiger partial charge is 0.462 e. The van der Waals surface area contributed by atoms with Crippen LogP contribution in [0.3, 0.4) is 0 Å². The molecule has 2 N–H and O–H groups in total. The summed E-state index contributed by atoms with van der Waals surface area (Å²) in [6.45, 7) is 2.66. The third-order valence-corrected chi connectivity index (χ3v) is 10.0. The summed E-state index contributed by atoms with van der Waals surface area (Å²) in [6, 6.07) is 12.3. The van der Waals surface area contributed by atoms with Crippen molar-refractivity contribution in [1.82, 2.24) is 19.9 Å². The molecule has 2 aromatic carbocycles. The summed E-state index contributed by atoms with van der Waals surface area (Å²) >= 11 is 0. The molecular weight excluding hydrogens is 626 g/mol. The van der Waals surface area contributed by atoms with Crippen LogP contribution in [0.25, 0.3) is 0 Å². The fraction of sp³-hybridized carbons (Fsp3) is 0.405. The van der Waals surface area contributed by atoms with Gasteiger partial charge in [-0.15, -0.1) is 0 Å². The van der Waals surface area contributed by atoms with E-state index in [1.807, 2.05) is 12.1 Å². The molecule has 12 heteroatoms. The van der Waals surface area contributed by atoms with Crippen LogP contribution in [0, 0.1) is 0 Å². The fourth-order valence-electron chi connectivity index (χ4n) is 6.87. The summed E-state index contributed by atoms with van der Waals surface area (Å²) in [5.74, 6) is 4.18. The molecule has 4 aromatic rings. The molecule has 2 fully saturated rings. The number of hydrogen-bond acceptors (Lipinski definition) is 12. The monoisotopic (exact) mass is 665 g/mol. The van der Waals surface area contributed by atoms with Gasteiger partial charge in [0.1, 0.15) is 11.6 Å². The Balaban J connectivity index is 0.000000154. The van der Waals surface area contributed by atoms with Gasteiger partial charge in [0.25, 0.3) is 0 Å². The number of aromatic nitrogens is 4. The van der Waals surface area contributed by atoms with Crippen LogP contribution in [-0.4, -0.2) is 58.4 Å². The van der Waals surface area contributed by atoms with Gasteiger partial charge >= 0.3 is 5.97 Å². The van der Waals surface area contributed by atoms with E-state index >= 15 is 0 Å². The van der Waals surface area contributed by atoms with Crippen molar-refractivity contribution in [3.63, 3.8) is 0 Å². The Labute approximate surface area is 284 Å². The maximum Gasteiger partial charge on any atom is 0.341 e. The van der Waals surface area contributed by atoms with Crippen LogP contribution in [0.2, 0.25) is 0 Å². The number of carbonyl (C=O) groups excluding carboxylic acids is 2. The number of rotatable bonds is 10. The zero-order valence-corrected chi connectivity index (χ0v) is 27.5. The van der Waals surface area contributed by atoms with Gasteiger partial charge in [0.05, 0.1) is 24.3 Å². The molecule has 8 rings (SSSR count). The molecule has 2 aliphatic heterocycles. The van der Waals surface area contributed by atoms with Crippen molar-refractivity contribution in [2.75, 3.05) is 26.7 Å². The van der Waals surface area contributed by atoms with E-state index in [-0.39, 0.29) is 42.7 Å². The van der Waals surface area contributed by atoms with Crippen LogP contribution in [0.5, 0.6) is 23.0 Å². The van der Waals surface area contributed by atoms with E-state index < -0.39 is 0 Å². The molecule has 0 radical (unpaired) electrons. The number of hydrogen-bond donors (Lipinski definition) is 1. The standard InChI is InChI=1S/C19H20N2O4.C18H19N3O3/c1-2-23-18(22)13-10-20-17(21-11-13)9-19(6-3-7-19)14-4-5-15-16(8-14)25-12-24-15;19-8-14(22)12-9-20-17(21-10-12)7-18(4-1-5-18)13-2-3-15-16(6-13)24-11-23-15/h4-5,8,10-11H,2-3,6-7,9,12H2,1H3;2-3,6,9-10H,1,4-5,7-8,11,19H2. The summed E-state index contributed by atoms with van der Waals surface area (Å²) in [4.78, 5) is 40.8. The van der Waals surface area contributed by atoms with Gasteiger partial charge in [-0.25, -0.2) is 24.7 Å². The minimum atomic E-state index is -0.386. The zero-order valence-electron chi connectivity index (χ0n) is 27.5. The van der Waals surface area contributed by atoms with Gasteiger partial charge in [-0.2, -0.15) is 0 Å². The summed E-state index contributed by atoms with van der Waals surface area (Å²) in [5, 5.41) is 0. The Hall–Kier alpha value is -5.10.